The van der Waals surface area contributed by atoms with Gasteiger partial charge in [0.2, 0.25) is 6.79 Å². The van der Waals surface area contributed by atoms with Gasteiger partial charge >= 0.3 is 0 Å². The molecule has 0 unspecified atom stereocenters. The highest BCUT2D eigenvalue weighted by atomic mass is 127. The molecule has 2 aromatic rings. The monoisotopic (exact) mass is 559 g/mol. The van der Waals surface area contributed by atoms with E-state index in [4.69, 9.17) is 14.2 Å². The van der Waals surface area contributed by atoms with Gasteiger partial charge in [-0.05, 0) is 107 Å². The van der Waals surface area contributed by atoms with E-state index in [1.54, 1.807) is 0 Å². The van der Waals surface area contributed by atoms with Gasteiger partial charge in [-0.1, -0.05) is 0 Å². The van der Waals surface area contributed by atoms with E-state index in [1.165, 1.54) is 0 Å². The van der Waals surface area contributed by atoms with Gasteiger partial charge in [-0.2, -0.15) is 5.26 Å². The number of nitrogens with zero attached hydrogens (tertiary/aromatic N) is 1. The molecule has 0 saturated heterocycles. The van der Waals surface area contributed by atoms with E-state index in [0.717, 1.165) is 24.0 Å². The number of allylic oxidation sites excluding steroid dienone is 1. The molecule has 0 radical (unpaired) electrons. The maximum atomic E-state index is 9.58. The largest absolute Gasteiger partial charge is 0.489 e. The van der Waals surface area contributed by atoms with Crippen LogP contribution in [0.25, 0.3) is 11.6 Å². The fourth-order valence-corrected chi connectivity index (χ4v) is 4.49. The molecule has 128 valence electrons. The summed E-state index contributed by atoms with van der Waals surface area (Å²) >= 11 is 4.53. The van der Waals surface area contributed by atoms with Crippen LogP contribution < -0.4 is 14.2 Å². The Kier molecular flexibility index (Phi) is 5.74. The van der Waals surface area contributed by atoms with Crippen LogP contribution in [0.4, 0.5) is 0 Å². The van der Waals surface area contributed by atoms with Crippen molar-refractivity contribution < 1.29 is 14.2 Å². The van der Waals surface area contributed by atoms with Gasteiger partial charge in [0.25, 0.3) is 0 Å². The van der Waals surface area contributed by atoms with Crippen molar-refractivity contribution in [1.29, 1.82) is 5.26 Å². The third kappa shape index (κ3) is 4.20. The normalized spacial score (nSPS) is 13.0. The van der Waals surface area contributed by atoms with Gasteiger partial charge in [0.05, 0.1) is 24.9 Å². The molecule has 0 aromatic heterocycles. The van der Waals surface area contributed by atoms with Gasteiger partial charge in [-0.3, -0.25) is 0 Å². The summed E-state index contributed by atoms with van der Waals surface area (Å²) in [5.41, 5.74) is 2.33. The summed E-state index contributed by atoms with van der Waals surface area (Å²) in [7, 11) is 0. The van der Waals surface area contributed by atoms with Gasteiger partial charge < -0.3 is 14.2 Å². The Bertz CT molecular complexity index is 862. The minimum absolute atomic E-state index is 0.117. The first-order chi connectivity index (χ1) is 12.0. The summed E-state index contributed by atoms with van der Waals surface area (Å²) < 4.78 is 18.6. The van der Waals surface area contributed by atoms with Crippen molar-refractivity contribution >= 4 is 56.8 Å². The molecule has 25 heavy (non-hydrogen) atoms. The third-order valence-corrected chi connectivity index (χ3v) is 5.09. The van der Waals surface area contributed by atoms with Crippen LogP contribution in [-0.4, -0.2) is 12.9 Å². The van der Waals surface area contributed by atoms with Crippen molar-refractivity contribution in [3.63, 3.8) is 0 Å². The fraction of sp³-hybridized carbons (Fsp3) is 0.211. The first-order valence-corrected chi connectivity index (χ1v) is 9.81. The number of nitriles is 1. The number of benzene rings is 2. The molecule has 0 atom stereocenters. The lowest BCUT2D eigenvalue weighted by molar-refractivity contribution is 0.174. The Hall–Kier alpha value is -1.47. The Morgan fingerprint density at radius 2 is 1.84 bits per heavy atom. The van der Waals surface area contributed by atoms with E-state index in [9.17, 15) is 5.26 Å². The SMILES string of the molecule is CC(C)Oc1c(I)cc(/C=C(/C#N)c2ccc3c(c2)OCO3)cc1I. The molecule has 4 nitrogen and oxygen atoms in total. The fourth-order valence-electron chi connectivity index (χ4n) is 2.42. The standard InChI is InChI=1S/C19H15I2NO3/c1-11(2)25-19-15(20)6-12(7-16(19)21)5-14(9-22)13-3-4-17-18(8-13)24-10-23-17/h3-8,11H,10H2,1-2H3/b14-5-. The average Bonchev–Trinajstić information content (AvgIpc) is 3.03. The molecule has 0 aliphatic carbocycles. The Labute approximate surface area is 174 Å². The molecule has 0 amide bonds. The zero-order chi connectivity index (χ0) is 18.0. The zero-order valence-electron chi connectivity index (χ0n) is 13.7. The van der Waals surface area contributed by atoms with Crippen molar-refractivity contribution in [2.75, 3.05) is 6.79 Å². The smallest absolute Gasteiger partial charge is 0.231 e. The highest BCUT2D eigenvalue weighted by Gasteiger charge is 2.15. The van der Waals surface area contributed by atoms with E-state index in [-0.39, 0.29) is 12.9 Å². The lowest BCUT2D eigenvalue weighted by Crippen LogP contribution is -2.08. The molecular weight excluding hydrogens is 544 g/mol. The minimum atomic E-state index is 0.117. The van der Waals surface area contributed by atoms with Crippen LogP contribution in [0.1, 0.15) is 25.0 Å². The quantitative estimate of drug-likeness (QED) is 0.283. The van der Waals surface area contributed by atoms with Gasteiger partial charge in [-0.25, -0.2) is 0 Å². The number of hydrogen-bond acceptors (Lipinski definition) is 4. The van der Waals surface area contributed by atoms with E-state index in [1.807, 2.05) is 50.3 Å². The van der Waals surface area contributed by atoms with Gasteiger partial charge in [0, 0.05) is 0 Å². The molecule has 0 fully saturated rings. The predicted molar refractivity (Wildman–Crippen MR) is 114 cm³/mol. The highest BCUT2D eigenvalue weighted by Crippen LogP contribution is 2.35. The molecule has 0 N–H and O–H groups in total. The van der Waals surface area contributed by atoms with Crippen LogP contribution in [0.15, 0.2) is 30.3 Å². The zero-order valence-corrected chi connectivity index (χ0v) is 18.0. The number of rotatable bonds is 4. The van der Waals surface area contributed by atoms with Crippen molar-refractivity contribution in [1.82, 2.24) is 0 Å². The molecule has 0 saturated carbocycles. The number of halogens is 2. The van der Waals surface area contributed by atoms with Crippen LogP contribution in [0.2, 0.25) is 0 Å². The first kappa shape index (κ1) is 18.3. The van der Waals surface area contributed by atoms with Crippen LogP contribution in [0.3, 0.4) is 0 Å². The van der Waals surface area contributed by atoms with Gasteiger partial charge in [0.1, 0.15) is 5.75 Å². The second kappa shape index (κ2) is 7.83. The van der Waals surface area contributed by atoms with Crippen LogP contribution >= 0.6 is 45.2 Å². The molecule has 1 aliphatic rings. The maximum absolute atomic E-state index is 9.58. The molecule has 6 heteroatoms. The van der Waals surface area contributed by atoms with E-state index in [0.29, 0.717) is 17.1 Å². The predicted octanol–water partition coefficient (Wildman–Crippen LogP) is 5.48. The second-order valence-electron chi connectivity index (χ2n) is 5.72. The summed E-state index contributed by atoms with van der Waals surface area (Å²) in [5, 5.41) is 9.58. The third-order valence-electron chi connectivity index (χ3n) is 3.49. The van der Waals surface area contributed by atoms with Crippen LogP contribution in [0.5, 0.6) is 17.2 Å². The molecule has 0 bridgehead atoms. The lowest BCUT2D eigenvalue weighted by Gasteiger charge is -2.14. The molecule has 1 heterocycles. The lowest BCUT2D eigenvalue weighted by atomic mass is 10.0. The van der Waals surface area contributed by atoms with Crippen molar-refractivity contribution in [2.45, 2.75) is 20.0 Å². The summed E-state index contributed by atoms with van der Waals surface area (Å²) in [5.74, 6) is 2.26. The summed E-state index contributed by atoms with van der Waals surface area (Å²) in [6.07, 6.45) is 1.99. The number of fused-ring (bicyclic) bond motifs is 1. The Morgan fingerprint density at radius 3 is 2.48 bits per heavy atom. The summed E-state index contributed by atoms with van der Waals surface area (Å²) in [4.78, 5) is 0. The number of ether oxygens (including phenoxy) is 3. The van der Waals surface area contributed by atoms with Crippen molar-refractivity contribution in [2.24, 2.45) is 0 Å². The van der Waals surface area contributed by atoms with Crippen molar-refractivity contribution in [3.05, 3.63) is 48.6 Å². The Morgan fingerprint density at radius 1 is 1.16 bits per heavy atom. The van der Waals surface area contributed by atoms with E-state index < -0.39 is 0 Å². The topological polar surface area (TPSA) is 51.5 Å². The molecular formula is C19H15I2NO3. The number of hydrogen-bond donors (Lipinski definition) is 0. The van der Waals surface area contributed by atoms with E-state index >= 15 is 0 Å². The second-order valence-corrected chi connectivity index (χ2v) is 8.04. The maximum Gasteiger partial charge on any atom is 0.231 e. The first-order valence-electron chi connectivity index (χ1n) is 7.65. The Balaban J connectivity index is 1.96. The summed E-state index contributed by atoms with van der Waals surface area (Å²) in [6, 6.07) is 11.8. The molecule has 1 aliphatic heterocycles. The van der Waals surface area contributed by atoms with Crippen molar-refractivity contribution in [3.8, 4) is 23.3 Å². The molecule has 3 rings (SSSR count). The van der Waals surface area contributed by atoms with Crippen LogP contribution in [-0.2, 0) is 0 Å². The summed E-state index contributed by atoms with van der Waals surface area (Å²) in [6.45, 7) is 4.24. The average molecular weight is 559 g/mol. The van der Waals surface area contributed by atoms with E-state index in [2.05, 4.69) is 51.3 Å². The molecule has 0 spiro atoms. The molecule has 2 aromatic carbocycles. The van der Waals surface area contributed by atoms with Gasteiger partial charge in [0.15, 0.2) is 11.5 Å². The minimum Gasteiger partial charge on any atom is -0.489 e. The highest BCUT2D eigenvalue weighted by molar-refractivity contribution is 14.1. The van der Waals surface area contributed by atoms with Crippen LogP contribution in [0, 0.1) is 18.5 Å². The van der Waals surface area contributed by atoms with Gasteiger partial charge in [-0.15, -0.1) is 0 Å².